The number of anilines is 1. The van der Waals surface area contributed by atoms with E-state index in [1.165, 1.54) is 18.3 Å². The van der Waals surface area contributed by atoms with E-state index in [-0.39, 0.29) is 5.56 Å². The molecule has 0 atom stereocenters. The highest BCUT2D eigenvalue weighted by Crippen LogP contribution is 2.22. The molecule has 2 heterocycles. The van der Waals surface area contributed by atoms with Gasteiger partial charge in [0.25, 0.3) is 6.43 Å². The summed E-state index contributed by atoms with van der Waals surface area (Å²) < 4.78 is 24.9. The van der Waals surface area contributed by atoms with E-state index >= 15 is 0 Å². The molecule has 0 amide bonds. The fraction of sp³-hybridized carbons (Fsp3) is 0.500. The molecule has 1 aliphatic heterocycles. The number of nitrogens with one attached hydrogen (secondary N) is 1. The van der Waals surface area contributed by atoms with Gasteiger partial charge in [0.1, 0.15) is 5.82 Å². The van der Waals surface area contributed by atoms with Gasteiger partial charge in [0.2, 0.25) is 0 Å². The lowest BCUT2D eigenvalue weighted by molar-refractivity contribution is 0.151. The van der Waals surface area contributed by atoms with Crippen molar-refractivity contribution in [3.8, 4) is 0 Å². The molecule has 15 heavy (non-hydrogen) atoms. The highest BCUT2D eigenvalue weighted by atomic mass is 19.3. The molecule has 0 saturated carbocycles. The molecule has 1 fully saturated rings. The number of piperazine rings is 1. The van der Waals surface area contributed by atoms with Crippen molar-refractivity contribution in [2.45, 2.75) is 6.43 Å². The fourth-order valence-electron chi connectivity index (χ4n) is 1.64. The van der Waals surface area contributed by atoms with Crippen LogP contribution in [0.3, 0.4) is 0 Å². The first-order valence-corrected chi connectivity index (χ1v) is 4.97. The van der Waals surface area contributed by atoms with Crippen molar-refractivity contribution in [3.05, 3.63) is 23.9 Å². The molecular weight excluding hydrogens is 200 g/mol. The topological polar surface area (TPSA) is 28.2 Å². The molecule has 82 valence electrons. The molecule has 3 nitrogen and oxygen atoms in total. The quantitative estimate of drug-likeness (QED) is 0.805. The number of hydrogen-bond donors (Lipinski definition) is 1. The van der Waals surface area contributed by atoms with Crippen molar-refractivity contribution < 1.29 is 8.78 Å². The van der Waals surface area contributed by atoms with E-state index in [0.717, 1.165) is 26.2 Å². The minimum Gasteiger partial charge on any atom is -0.354 e. The second-order valence-corrected chi connectivity index (χ2v) is 3.49. The lowest BCUT2D eigenvalue weighted by Crippen LogP contribution is -2.43. The van der Waals surface area contributed by atoms with Gasteiger partial charge in [-0.15, -0.1) is 0 Å². The standard InChI is InChI=1S/C10H13F2N3/c11-10(12)8-1-2-14-9(7-8)15-5-3-13-4-6-15/h1-2,7,10,13H,3-6H2. The Hall–Kier alpha value is -1.23. The Morgan fingerprint density at radius 1 is 1.33 bits per heavy atom. The van der Waals surface area contributed by atoms with Crippen LogP contribution in [0, 0.1) is 0 Å². The second kappa shape index (κ2) is 4.53. The number of nitrogens with zero attached hydrogens (tertiary/aromatic N) is 2. The highest BCUT2D eigenvalue weighted by molar-refractivity contribution is 5.41. The molecule has 0 unspecified atom stereocenters. The van der Waals surface area contributed by atoms with Crippen LogP contribution in [0.1, 0.15) is 12.0 Å². The summed E-state index contributed by atoms with van der Waals surface area (Å²) in [5, 5.41) is 3.20. The zero-order valence-corrected chi connectivity index (χ0v) is 8.29. The average Bonchev–Trinajstić information content (AvgIpc) is 2.30. The van der Waals surface area contributed by atoms with Gasteiger partial charge in [-0.1, -0.05) is 0 Å². The van der Waals surface area contributed by atoms with Gasteiger partial charge in [-0.2, -0.15) is 0 Å². The third-order valence-electron chi connectivity index (χ3n) is 2.46. The monoisotopic (exact) mass is 213 g/mol. The zero-order chi connectivity index (χ0) is 10.7. The van der Waals surface area contributed by atoms with E-state index < -0.39 is 6.43 Å². The minimum absolute atomic E-state index is 0.0403. The van der Waals surface area contributed by atoms with Gasteiger partial charge < -0.3 is 10.2 Å². The minimum atomic E-state index is -2.42. The van der Waals surface area contributed by atoms with Crippen molar-refractivity contribution >= 4 is 5.82 Å². The number of hydrogen-bond acceptors (Lipinski definition) is 3. The molecule has 1 N–H and O–H groups in total. The van der Waals surface area contributed by atoms with Crippen molar-refractivity contribution in [3.63, 3.8) is 0 Å². The van der Waals surface area contributed by atoms with Crippen molar-refractivity contribution in [2.24, 2.45) is 0 Å². The van der Waals surface area contributed by atoms with E-state index in [4.69, 9.17) is 0 Å². The lowest BCUT2D eigenvalue weighted by atomic mass is 10.2. The average molecular weight is 213 g/mol. The van der Waals surface area contributed by atoms with Gasteiger partial charge in [0.05, 0.1) is 0 Å². The van der Waals surface area contributed by atoms with Gasteiger partial charge in [0.15, 0.2) is 0 Å². The summed E-state index contributed by atoms with van der Waals surface area (Å²) in [4.78, 5) is 6.13. The Kier molecular flexibility index (Phi) is 3.11. The van der Waals surface area contributed by atoms with Gasteiger partial charge in [0, 0.05) is 37.9 Å². The van der Waals surface area contributed by atoms with Crippen LogP contribution < -0.4 is 10.2 Å². The maximum Gasteiger partial charge on any atom is 0.264 e. The molecule has 1 aromatic rings. The van der Waals surface area contributed by atoms with Crippen LogP contribution in [0.5, 0.6) is 0 Å². The summed E-state index contributed by atoms with van der Waals surface area (Å²) in [6.07, 6.45) is -0.978. The molecule has 0 spiro atoms. The van der Waals surface area contributed by atoms with E-state index in [9.17, 15) is 8.78 Å². The van der Waals surface area contributed by atoms with Crippen LogP contribution in [0.2, 0.25) is 0 Å². The normalized spacial score (nSPS) is 17.1. The Morgan fingerprint density at radius 3 is 2.73 bits per heavy atom. The van der Waals surface area contributed by atoms with Gasteiger partial charge in [-0.05, 0) is 12.1 Å². The first-order chi connectivity index (χ1) is 7.27. The van der Waals surface area contributed by atoms with Crippen molar-refractivity contribution in [2.75, 3.05) is 31.1 Å². The predicted molar refractivity (Wildman–Crippen MR) is 54.3 cm³/mol. The maximum atomic E-state index is 12.5. The van der Waals surface area contributed by atoms with Crippen LogP contribution in [0.25, 0.3) is 0 Å². The number of aromatic nitrogens is 1. The summed E-state index contributed by atoms with van der Waals surface area (Å²) in [5.41, 5.74) is 0.0403. The first-order valence-electron chi connectivity index (χ1n) is 4.97. The van der Waals surface area contributed by atoms with Crippen molar-refractivity contribution in [1.82, 2.24) is 10.3 Å². The molecule has 0 aromatic carbocycles. The molecule has 2 rings (SSSR count). The number of halogens is 2. The summed E-state index contributed by atoms with van der Waals surface area (Å²) in [6.45, 7) is 3.39. The number of rotatable bonds is 2. The largest absolute Gasteiger partial charge is 0.354 e. The van der Waals surface area contributed by atoms with Crippen LogP contribution in [-0.4, -0.2) is 31.2 Å². The molecule has 1 aliphatic rings. The van der Waals surface area contributed by atoms with Crippen LogP contribution in [0.4, 0.5) is 14.6 Å². The van der Waals surface area contributed by atoms with E-state index in [2.05, 4.69) is 10.3 Å². The highest BCUT2D eigenvalue weighted by Gasteiger charge is 2.14. The molecular formula is C10H13F2N3. The van der Waals surface area contributed by atoms with Gasteiger partial charge >= 0.3 is 0 Å². The Balaban J connectivity index is 2.16. The number of alkyl halides is 2. The first kappa shape index (κ1) is 10.3. The Labute approximate surface area is 87.1 Å². The van der Waals surface area contributed by atoms with E-state index in [0.29, 0.717) is 5.82 Å². The third kappa shape index (κ3) is 2.41. The molecule has 1 aromatic heterocycles. The lowest BCUT2D eigenvalue weighted by Gasteiger charge is -2.28. The molecule has 1 saturated heterocycles. The fourth-order valence-corrected chi connectivity index (χ4v) is 1.64. The number of pyridine rings is 1. The van der Waals surface area contributed by atoms with Gasteiger partial charge in [-0.3, -0.25) is 0 Å². The summed E-state index contributed by atoms with van der Waals surface area (Å²) in [7, 11) is 0. The SMILES string of the molecule is FC(F)c1ccnc(N2CCNCC2)c1. The van der Waals surface area contributed by atoms with Crippen LogP contribution >= 0.6 is 0 Å². The smallest absolute Gasteiger partial charge is 0.264 e. The molecule has 0 radical (unpaired) electrons. The predicted octanol–water partition coefficient (Wildman–Crippen LogP) is 1.43. The summed E-state index contributed by atoms with van der Waals surface area (Å²) in [5.74, 6) is 0.648. The molecule has 0 bridgehead atoms. The summed E-state index contributed by atoms with van der Waals surface area (Å²) >= 11 is 0. The zero-order valence-electron chi connectivity index (χ0n) is 8.29. The molecule has 5 heteroatoms. The van der Waals surface area contributed by atoms with Gasteiger partial charge in [-0.25, -0.2) is 13.8 Å². The van der Waals surface area contributed by atoms with Crippen molar-refractivity contribution in [1.29, 1.82) is 0 Å². The Morgan fingerprint density at radius 2 is 2.07 bits per heavy atom. The summed E-state index contributed by atoms with van der Waals surface area (Å²) in [6, 6.07) is 2.83. The third-order valence-corrected chi connectivity index (χ3v) is 2.46. The van der Waals surface area contributed by atoms with E-state index in [1.807, 2.05) is 4.90 Å². The Bertz CT molecular complexity index is 324. The second-order valence-electron chi connectivity index (χ2n) is 3.49. The van der Waals surface area contributed by atoms with E-state index in [1.54, 1.807) is 0 Å². The maximum absolute atomic E-state index is 12.5. The molecule has 0 aliphatic carbocycles. The van der Waals surface area contributed by atoms with Crippen LogP contribution in [-0.2, 0) is 0 Å². The van der Waals surface area contributed by atoms with Crippen LogP contribution in [0.15, 0.2) is 18.3 Å².